The fraction of sp³-hybridized carbons (Fsp3) is 0.325. The normalized spacial score (nSPS) is 15.2. The molecule has 398 valence electrons. The Morgan fingerprint density at radius 3 is 1.32 bits per heavy atom. The molecule has 2 aromatic heterocycles. The Morgan fingerprint density at radius 2 is 0.762 bits per heavy atom. The maximum atomic E-state index is 2.84. The van der Waals surface area contributed by atoms with Crippen molar-refractivity contribution in [3.05, 3.63) is 195 Å². The number of fused-ring (bicyclic) bond motifs is 15. The van der Waals surface area contributed by atoms with Crippen molar-refractivity contribution in [1.82, 2.24) is 9.13 Å². The first-order valence-corrected chi connectivity index (χ1v) is 29.8. The van der Waals surface area contributed by atoms with E-state index in [0.29, 0.717) is 0 Å². The molecular weight excluding hydrogens is 964 g/mol. The molecule has 2 nitrogen and oxygen atoms in total. The van der Waals surface area contributed by atoms with Crippen molar-refractivity contribution < 1.29 is 0 Å². The monoisotopic (exact) mass is 1040 g/mol. The lowest BCUT2D eigenvalue weighted by Crippen LogP contribution is -2.61. The van der Waals surface area contributed by atoms with Gasteiger partial charge in [0.25, 0.3) is 6.71 Å². The third-order valence-corrected chi connectivity index (χ3v) is 19.8. The molecule has 0 N–H and O–H groups in total. The molecule has 0 saturated heterocycles. The molecule has 0 bridgehead atoms. The molecule has 9 aromatic carbocycles. The molecule has 3 heteroatoms. The standard InChI is InChI=1S/C77H77BN2/c1-71(2,3)43-28-31-64-53(32-43)54-34-47(75(13,14)15)39-62-67(54)79(64)69-57(50-25-21-23-42-22-19-20-24-49(42)50)41-61-70-65(69)78(62)63-40-48(76(16,17)18)35-56-55-33-46(74(10,11)12)38-60(66(55)80(70)68(56)63)77(61)58-36-44(72(4,5)6)26-29-51(58)52-30-27-45(37-59(52)77)73(7,8)9/h19-41H,1-18H3. The van der Waals surface area contributed by atoms with E-state index >= 15 is 0 Å². The van der Waals surface area contributed by atoms with Crippen LogP contribution in [0.4, 0.5) is 0 Å². The van der Waals surface area contributed by atoms with Crippen LogP contribution in [0.2, 0.25) is 0 Å². The Balaban J connectivity index is 1.28. The summed E-state index contributed by atoms with van der Waals surface area (Å²) >= 11 is 0. The number of hydrogen-bond acceptors (Lipinski definition) is 0. The first kappa shape index (κ1) is 49.9. The van der Waals surface area contributed by atoms with E-state index in [1.165, 1.54) is 160 Å². The van der Waals surface area contributed by atoms with Gasteiger partial charge in [0, 0.05) is 43.8 Å². The first-order chi connectivity index (χ1) is 37.5. The molecule has 80 heavy (non-hydrogen) atoms. The third kappa shape index (κ3) is 6.39. The van der Waals surface area contributed by atoms with Gasteiger partial charge in [0.1, 0.15) is 0 Å². The van der Waals surface area contributed by atoms with E-state index in [4.69, 9.17) is 0 Å². The third-order valence-electron chi connectivity index (χ3n) is 19.8. The maximum Gasteiger partial charge on any atom is 0.252 e. The van der Waals surface area contributed by atoms with E-state index in [2.05, 4.69) is 273 Å². The Morgan fingerprint density at radius 1 is 0.312 bits per heavy atom. The SMILES string of the molecule is CC(C)(C)c1ccc2c(c1)C1(c3cc(C(C)(C)C)ccc3-2)c2cc(-c3cccc4ccccc34)c3c4c2-n2c5c(cc(C(C)(C)C)cc5c5cc(C(C)(C)C)cc1c52)B4c1cc(C(C)(C)C)cc2c4cc(C(C)(C)C)ccc4n-3c12. The van der Waals surface area contributed by atoms with E-state index in [0.717, 1.165) is 0 Å². The van der Waals surface area contributed by atoms with Crippen molar-refractivity contribution in [2.45, 2.75) is 163 Å². The number of rotatable bonds is 1. The fourth-order valence-corrected chi connectivity index (χ4v) is 15.3. The molecule has 0 fully saturated rings. The Kier molecular flexibility index (Phi) is 9.52. The zero-order valence-corrected chi connectivity index (χ0v) is 50.8. The molecule has 0 unspecified atom stereocenters. The summed E-state index contributed by atoms with van der Waals surface area (Å²) in [5, 5.41) is 7.97. The molecule has 0 amide bonds. The van der Waals surface area contributed by atoms with Crippen LogP contribution in [-0.2, 0) is 37.9 Å². The lowest BCUT2D eigenvalue weighted by molar-refractivity contribution is 0.583. The number of benzene rings is 9. The van der Waals surface area contributed by atoms with Gasteiger partial charge < -0.3 is 9.13 Å². The lowest BCUT2D eigenvalue weighted by atomic mass is 9.33. The molecule has 15 rings (SSSR count). The van der Waals surface area contributed by atoms with Gasteiger partial charge >= 0.3 is 0 Å². The lowest BCUT2D eigenvalue weighted by Gasteiger charge is -2.45. The Labute approximate surface area is 475 Å². The minimum atomic E-state index is -0.696. The molecular formula is C77H77BN2. The van der Waals surface area contributed by atoms with Crippen LogP contribution in [0.1, 0.15) is 180 Å². The summed E-state index contributed by atoms with van der Waals surface area (Å²) in [6, 6.07) is 57.4. The van der Waals surface area contributed by atoms with Gasteiger partial charge in [-0.15, -0.1) is 0 Å². The number of aromatic nitrogens is 2. The average Bonchev–Trinajstić information content (AvgIpc) is 3.53. The van der Waals surface area contributed by atoms with Gasteiger partial charge in [-0.1, -0.05) is 228 Å². The van der Waals surface area contributed by atoms with Crippen molar-refractivity contribution in [2.75, 3.05) is 0 Å². The summed E-state index contributed by atoms with van der Waals surface area (Å²) in [5.41, 5.74) is 30.2. The molecule has 1 spiro atoms. The molecule has 0 saturated carbocycles. The van der Waals surface area contributed by atoms with Crippen molar-refractivity contribution in [1.29, 1.82) is 0 Å². The second kappa shape index (κ2) is 15.3. The minimum absolute atomic E-state index is 0.0279. The van der Waals surface area contributed by atoms with Gasteiger partial charge in [0.05, 0.1) is 22.1 Å². The van der Waals surface area contributed by atoms with Crippen molar-refractivity contribution in [3.63, 3.8) is 0 Å². The highest BCUT2D eigenvalue weighted by molar-refractivity contribution is 7.00. The average molecular weight is 1040 g/mol. The first-order valence-electron chi connectivity index (χ1n) is 29.8. The van der Waals surface area contributed by atoms with Gasteiger partial charge in [-0.3, -0.25) is 0 Å². The Bertz CT molecular complexity index is 4570. The van der Waals surface area contributed by atoms with E-state index in [1.807, 2.05) is 0 Å². The quantitative estimate of drug-likeness (QED) is 0.145. The van der Waals surface area contributed by atoms with Crippen molar-refractivity contribution in [3.8, 4) is 33.6 Å². The zero-order valence-electron chi connectivity index (χ0n) is 50.8. The van der Waals surface area contributed by atoms with E-state index in [1.54, 1.807) is 0 Å². The highest BCUT2D eigenvalue weighted by Gasteiger charge is 2.56. The molecule has 3 aliphatic heterocycles. The summed E-state index contributed by atoms with van der Waals surface area (Å²) in [4.78, 5) is 0. The molecule has 0 radical (unpaired) electrons. The van der Waals surface area contributed by atoms with E-state index < -0.39 is 5.41 Å². The van der Waals surface area contributed by atoms with Crippen LogP contribution >= 0.6 is 0 Å². The summed E-state index contributed by atoms with van der Waals surface area (Å²) in [6.07, 6.45) is 0. The van der Waals surface area contributed by atoms with E-state index in [9.17, 15) is 0 Å². The molecule has 1 aliphatic carbocycles. The maximum absolute atomic E-state index is 2.84. The highest BCUT2D eigenvalue weighted by Crippen LogP contribution is 2.64. The molecule has 11 aromatic rings. The molecule has 0 atom stereocenters. The van der Waals surface area contributed by atoms with Gasteiger partial charge in [-0.05, 0) is 168 Å². The smallest absolute Gasteiger partial charge is 0.252 e. The zero-order chi connectivity index (χ0) is 56.2. The molecule has 5 heterocycles. The van der Waals surface area contributed by atoms with Crippen LogP contribution in [0, 0.1) is 0 Å². The highest BCUT2D eigenvalue weighted by atomic mass is 15.1. The summed E-state index contributed by atoms with van der Waals surface area (Å²) in [7, 11) is 0. The van der Waals surface area contributed by atoms with Crippen LogP contribution in [0.15, 0.2) is 140 Å². The van der Waals surface area contributed by atoms with Crippen LogP contribution < -0.4 is 16.4 Å². The summed E-state index contributed by atoms with van der Waals surface area (Å²) in [6.45, 7) is 43.2. The second-order valence-electron chi connectivity index (χ2n) is 31.1. The summed E-state index contributed by atoms with van der Waals surface area (Å²) < 4.78 is 5.62. The largest absolute Gasteiger partial charge is 0.310 e. The van der Waals surface area contributed by atoms with Crippen LogP contribution in [0.3, 0.4) is 0 Å². The Hall–Kier alpha value is -7.10. The number of nitrogens with zero attached hydrogens (tertiary/aromatic N) is 2. The van der Waals surface area contributed by atoms with Gasteiger partial charge in [-0.2, -0.15) is 0 Å². The van der Waals surface area contributed by atoms with Crippen molar-refractivity contribution in [2.24, 2.45) is 0 Å². The van der Waals surface area contributed by atoms with Crippen LogP contribution in [0.5, 0.6) is 0 Å². The molecule has 4 aliphatic rings. The van der Waals surface area contributed by atoms with Gasteiger partial charge in [0.2, 0.25) is 0 Å². The van der Waals surface area contributed by atoms with Crippen LogP contribution in [0.25, 0.3) is 88.0 Å². The second-order valence-corrected chi connectivity index (χ2v) is 31.1. The minimum Gasteiger partial charge on any atom is -0.310 e. The van der Waals surface area contributed by atoms with Crippen LogP contribution in [-0.4, -0.2) is 15.8 Å². The topological polar surface area (TPSA) is 9.86 Å². The predicted octanol–water partition coefficient (Wildman–Crippen LogP) is 18.3. The number of hydrogen-bond donors (Lipinski definition) is 0. The van der Waals surface area contributed by atoms with Gasteiger partial charge in [-0.25, -0.2) is 0 Å². The fourth-order valence-electron chi connectivity index (χ4n) is 15.3. The van der Waals surface area contributed by atoms with E-state index in [-0.39, 0.29) is 39.2 Å². The van der Waals surface area contributed by atoms with Crippen molar-refractivity contribution >= 4 is 77.5 Å². The predicted molar refractivity (Wildman–Crippen MR) is 346 cm³/mol. The van der Waals surface area contributed by atoms with Gasteiger partial charge in [0.15, 0.2) is 0 Å². The summed E-state index contributed by atoms with van der Waals surface area (Å²) in [5.74, 6) is 0.